The summed E-state index contributed by atoms with van der Waals surface area (Å²) in [7, 11) is 0.101. The highest BCUT2D eigenvalue weighted by Gasteiger charge is 2.01. The molecule has 0 amide bonds. The Balaban J connectivity index is 1.80. The van der Waals surface area contributed by atoms with Crippen molar-refractivity contribution < 1.29 is 0 Å². The Labute approximate surface area is 122 Å². The summed E-state index contributed by atoms with van der Waals surface area (Å²) in [4.78, 5) is 3.00. The van der Waals surface area contributed by atoms with Crippen molar-refractivity contribution in [3.63, 3.8) is 0 Å². The van der Waals surface area contributed by atoms with Gasteiger partial charge in [-0.1, -0.05) is 36.4 Å². The van der Waals surface area contributed by atoms with E-state index in [4.69, 9.17) is 0 Å². The van der Waals surface area contributed by atoms with Crippen molar-refractivity contribution in [3.05, 3.63) is 59.7 Å². The first-order chi connectivity index (χ1) is 8.77. The molecule has 0 saturated heterocycles. The largest absolute Gasteiger partial charge is 0.162 e. The number of benzene rings is 2. The quantitative estimate of drug-likeness (QED) is 0.614. The average Bonchev–Trinajstić information content (AvgIpc) is 2.38. The van der Waals surface area contributed by atoms with Gasteiger partial charge in [0, 0.05) is 9.79 Å². The van der Waals surface area contributed by atoms with Crippen LogP contribution in [0.4, 0.5) is 0 Å². The maximum Gasteiger partial charge on any atom is 0.0905 e. The van der Waals surface area contributed by atoms with Crippen molar-refractivity contribution in [3.8, 4) is 0 Å². The molecule has 0 nitrogen and oxygen atoms in total. The van der Waals surface area contributed by atoms with Crippen LogP contribution in [0.1, 0.15) is 11.1 Å². The summed E-state index contributed by atoms with van der Waals surface area (Å²) in [5.74, 6) is 0. The van der Waals surface area contributed by atoms with E-state index < -0.39 is 0 Å². The summed E-state index contributed by atoms with van der Waals surface area (Å²) in [6.45, 7) is 4.43. The smallest absolute Gasteiger partial charge is 0.0905 e. The summed E-state index contributed by atoms with van der Waals surface area (Å²) in [5.41, 5.74) is 2.87. The van der Waals surface area contributed by atoms with Gasteiger partial charge in [0.1, 0.15) is 0 Å². The zero-order valence-electron chi connectivity index (χ0n) is 10.8. The normalized spacial score (nSPS) is 11.9. The fourth-order valence-electron chi connectivity index (χ4n) is 1.74. The minimum Gasteiger partial charge on any atom is -0.162 e. The van der Waals surface area contributed by atoms with Gasteiger partial charge in [0.2, 0.25) is 0 Å². The molecule has 0 atom stereocenters. The van der Waals surface area contributed by atoms with E-state index in [1.807, 2.05) is 0 Å². The molecule has 2 rings (SSSR count). The summed E-state index contributed by atoms with van der Waals surface area (Å²) in [6, 6.07) is 17.5. The maximum absolute atomic E-state index is 2.26. The van der Waals surface area contributed by atoms with Crippen molar-refractivity contribution in [1.29, 1.82) is 0 Å². The van der Waals surface area contributed by atoms with Crippen LogP contribution in [0.2, 0.25) is 0 Å². The molecule has 0 bridgehead atoms. The Morgan fingerprint density at radius 2 is 1.06 bits per heavy atom. The van der Waals surface area contributed by atoms with Crippen LogP contribution in [0.15, 0.2) is 58.3 Å². The van der Waals surface area contributed by atoms with Gasteiger partial charge in [0.25, 0.3) is 0 Å². The van der Waals surface area contributed by atoms with Gasteiger partial charge in [-0.05, 0) is 37.1 Å². The molecule has 0 heterocycles. The van der Waals surface area contributed by atoms with Gasteiger partial charge in [-0.3, -0.25) is 0 Å². The number of aryl methyl sites for hydroxylation is 2. The van der Waals surface area contributed by atoms with Crippen molar-refractivity contribution in [2.24, 2.45) is 0 Å². The highest BCUT2D eigenvalue weighted by Crippen LogP contribution is 2.24. The van der Waals surface area contributed by atoms with Crippen LogP contribution in [-0.2, 0) is 0 Å². The Hall–Kier alpha value is -0.426. The standard InChI is InChI=1S/C14H18S2Si2/c1-11-7-3-5-9-13(11)15-17-18-16-14-10-6-4-8-12(14)2/h3-10H,17-18H2,1-2H3. The Morgan fingerprint density at radius 3 is 1.44 bits per heavy atom. The van der Waals surface area contributed by atoms with E-state index in [9.17, 15) is 0 Å². The van der Waals surface area contributed by atoms with Gasteiger partial charge in [0.05, 0.1) is 16.4 Å². The third-order valence-electron chi connectivity index (χ3n) is 2.79. The third kappa shape index (κ3) is 4.05. The van der Waals surface area contributed by atoms with Gasteiger partial charge in [-0.25, -0.2) is 0 Å². The minimum atomic E-state index is 0.0504. The van der Waals surface area contributed by atoms with Crippen molar-refractivity contribution >= 4 is 38.8 Å². The van der Waals surface area contributed by atoms with Crippen molar-refractivity contribution in [2.45, 2.75) is 23.6 Å². The molecule has 18 heavy (non-hydrogen) atoms. The SMILES string of the molecule is Cc1ccccc1S[SiH2][SiH2]Sc1ccccc1C. The first-order valence-electron chi connectivity index (χ1n) is 6.14. The molecule has 2 aromatic carbocycles. The molecule has 94 valence electrons. The van der Waals surface area contributed by atoms with Gasteiger partial charge >= 0.3 is 0 Å². The van der Waals surface area contributed by atoms with Crippen LogP contribution in [0.25, 0.3) is 0 Å². The molecular weight excluding hydrogens is 288 g/mol. The maximum atomic E-state index is 2.26. The molecule has 0 aromatic heterocycles. The fraction of sp³-hybridized carbons (Fsp3) is 0.143. The average molecular weight is 307 g/mol. The van der Waals surface area contributed by atoms with E-state index in [0.29, 0.717) is 0 Å². The zero-order valence-corrected chi connectivity index (χ0v) is 15.3. The molecule has 4 heteroatoms. The topological polar surface area (TPSA) is 0 Å². The van der Waals surface area contributed by atoms with Gasteiger partial charge in [0.15, 0.2) is 0 Å². The molecule has 0 spiro atoms. The van der Waals surface area contributed by atoms with Gasteiger partial charge in [-0.15, -0.1) is 0 Å². The predicted molar refractivity (Wildman–Crippen MR) is 91.2 cm³/mol. The molecule has 0 N–H and O–H groups in total. The number of hydrogen-bond acceptors (Lipinski definition) is 2. The second-order valence-electron chi connectivity index (χ2n) is 4.23. The number of rotatable bonds is 5. The number of hydrogen-bond donors (Lipinski definition) is 0. The lowest BCUT2D eigenvalue weighted by molar-refractivity contribution is 1.31. The molecular formula is C14H18S2Si2. The van der Waals surface area contributed by atoms with Gasteiger partial charge in [-0.2, -0.15) is 22.4 Å². The molecule has 2 aromatic rings. The lowest BCUT2D eigenvalue weighted by atomic mass is 10.2. The van der Waals surface area contributed by atoms with Crippen LogP contribution >= 0.6 is 22.4 Å². The monoisotopic (exact) mass is 306 g/mol. The highest BCUT2D eigenvalue weighted by atomic mass is 32.4. The zero-order chi connectivity index (χ0) is 12.8. The van der Waals surface area contributed by atoms with E-state index in [1.165, 1.54) is 20.9 Å². The summed E-state index contributed by atoms with van der Waals surface area (Å²) in [6.07, 6.45) is 0. The second kappa shape index (κ2) is 7.23. The second-order valence-corrected chi connectivity index (χ2v) is 18.0. The lowest BCUT2D eigenvalue weighted by Crippen LogP contribution is -1.95. The molecule has 0 fully saturated rings. The minimum absolute atomic E-state index is 0.0504. The van der Waals surface area contributed by atoms with E-state index in [0.717, 1.165) is 0 Å². The first-order valence-corrected chi connectivity index (χ1v) is 15.6. The Bertz CT molecular complexity index is 467. The molecule has 0 aliphatic carbocycles. The summed E-state index contributed by atoms with van der Waals surface area (Å²) >= 11 is 4.30. The molecule has 0 aliphatic heterocycles. The Morgan fingerprint density at radius 1 is 0.667 bits per heavy atom. The molecule has 0 radical (unpaired) electrons. The highest BCUT2D eigenvalue weighted by molar-refractivity contribution is 8.39. The van der Waals surface area contributed by atoms with Gasteiger partial charge < -0.3 is 0 Å². The molecule has 0 unspecified atom stereocenters. The van der Waals surface area contributed by atoms with Crippen LogP contribution in [0.3, 0.4) is 0 Å². The van der Waals surface area contributed by atoms with Crippen LogP contribution in [-0.4, -0.2) is 16.4 Å². The van der Waals surface area contributed by atoms with E-state index >= 15 is 0 Å². The van der Waals surface area contributed by atoms with E-state index in [1.54, 1.807) is 0 Å². The lowest BCUT2D eigenvalue weighted by Gasteiger charge is -2.06. The van der Waals surface area contributed by atoms with E-state index in [-0.39, 0.29) is 16.4 Å². The van der Waals surface area contributed by atoms with E-state index in [2.05, 4.69) is 84.8 Å². The van der Waals surface area contributed by atoms with Crippen molar-refractivity contribution in [2.75, 3.05) is 0 Å². The van der Waals surface area contributed by atoms with Crippen LogP contribution in [0, 0.1) is 13.8 Å². The summed E-state index contributed by atoms with van der Waals surface area (Å²) in [5, 5.41) is 0. The van der Waals surface area contributed by atoms with Crippen LogP contribution in [0.5, 0.6) is 0 Å². The third-order valence-corrected chi connectivity index (χ3v) is 18.2. The predicted octanol–water partition coefficient (Wildman–Crippen LogP) is 3.27. The van der Waals surface area contributed by atoms with Crippen LogP contribution < -0.4 is 0 Å². The Kier molecular flexibility index (Phi) is 5.62. The van der Waals surface area contributed by atoms with Crippen molar-refractivity contribution in [1.82, 2.24) is 0 Å². The summed E-state index contributed by atoms with van der Waals surface area (Å²) < 4.78 is 0. The fourth-order valence-corrected chi connectivity index (χ4v) is 17.0. The molecule has 0 saturated carbocycles. The molecule has 0 aliphatic rings. The first kappa shape index (κ1) is 14.0.